The Bertz CT molecular complexity index is 395. The van der Waals surface area contributed by atoms with Crippen molar-refractivity contribution in [3.05, 3.63) is 40.6 Å². The minimum Gasteiger partial charge on any atom is -0.313 e. The second-order valence-corrected chi connectivity index (χ2v) is 3.57. The molecular formula is C11H17N3O. The van der Waals surface area contributed by atoms with Gasteiger partial charge in [0.1, 0.15) is 0 Å². The molecule has 0 amide bonds. The number of nitrogens with zero attached hydrogens (tertiary/aromatic N) is 2. The molecule has 1 heterocycles. The molecule has 0 bridgehead atoms. The number of rotatable bonds is 5. The van der Waals surface area contributed by atoms with Crippen LogP contribution in [0.5, 0.6) is 0 Å². The van der Waals surface area contributed by atoms with Crippen LogP contribution in [-0.4, -0.2) is 22.6 Å². The van der Waals surface area contributed by atoms with Crippen molar-refractivity contribution >= 4 is 0 Å². The van der Waals surface area contributed by atoms with Crippen LogP contribution >= 0.6 is 0 Å². The molecule has 1 aromatic heterocycles. The molecule has 0 radical (unpaired) electrons. The van der Waals surface area contributed by atoms with Crippen LogP contribution in [-0.2, 0) is 6.54 Å². The molecule has 1 aromatic rings. The van der Waals surface area contributed by atoms with E-state index in [2.05, 4.69) is 16.9 Å². The second kappa shape index (κ2) is 5.46. The number of likely N-dealkylation sites (N-methyl/N-ethyl adjacent to an activating group) is 1. The van der Waals surface area contributed by atoms with Gasteiger partial charge in [0.05, 0.1) is 0 Å². The van der Waals surface area contributed by atoms with Crippen LogP contribution in [0.15, 0.2) is 29.3 Å². The molecule has 0 atom stereocenters. The maximum Gasteiger partial charge on any atom is 0.347 e. The summed E-state index contributed by atoms with van der Waals surface area (Å²) in [5.41, 5.74) is 1.73. The molecule has 1 rings (SSSR count). The van der Waals surface area contributed by atoms with E-state index in [0.717, 1.165) is 24.2 Å². The zero-order valence-corrected chi connectivity index (χ0v) is 9.29. The van der Waals surface area contributed by atoms with Gasteiger partial charge in [-0.05, 0) is 24.6 Å². The van der Waals surface area contributed by atoms with Crippen molar-refractivity contribution in [2.75, 3.05) is 13.1 Å². The molecule has 0 spiro atoms. The summed E-state index contributed by atoms with van der Waals surface area (Å²) in [6, 6.07) is 0. The first-order valence-corrected chi connectivity index (χ1v) is 5.04. The van der Waals surface area contributed by atoms with Crippen LogP contribution < -0.4 is 11.0 Å². The summed E-state index contributed by atoms with van der Waals surface area (Å²) in [7, 11) is 0. The molecular weight excluding hydrogens is 190 g/mol. The van der Waals surface area contributed by atoms with E-state index < -0.39 is 0 Å². The lowest BCUT2D eigenvalue weighted by Gasteiger charge is -2.08. The fourth-order valence-corrected chi connectivity index (χ4v) is 1.28. The van der Waals surface area contributed by atoms with Gasteiger partial charge < -0.3 is 5.32 Å². The maximum atomic E-state index is 11.4. The van der Waals surface area contributed by atoms with Gasteiger partial charge in [-0.3, -0.25) is 4.57 Å². The highest BCUT2D eigenvalue weighted by atomic mass is 16.1. The maximum absolute atomic E-state index is 11.4. The summed E-state index contributed by atoms with van der Waals surface area (Å²) < 4.78 is 1.58. The minimum absolute atomic E-state index is 0.224. The number of aryl methyl sites for hydroxylation is 1. The van der Waals surface area contributed by atoms with Crippen molar-refractivity contribution in [2.24, 2.45) is 0 Å². The number of hydrogen-bond acceptors (Lipinski definition) is 3. The van der Waals surface area contributed by atoms with Crippen molar-refractivity contribution in [2.45, 2.75) is 20.4 Å². The van der Waals surface area contributed by atoms with E-state index in [1.54, 1.807) is 17.0 Å². The first-order chi connectivity index (χ1) is 7.13. The molecule has 0 aliphatic heterocycles. The van der Waals surface area contributed by atoms with Gasteiger partial charge in [0, 0.05) is 25.5 Å². The van der Waals surface area contributed by atoms with E-state index >= 15 is 0 Å². The zero-order valence-electron chi connectivity index (χ0n) is 9.29. The minimum atomic E-state index is -0.224. The molecule has 82 valence electrons. The molecule has 4 heteroatoms. The SMILES string of the molecule is C=C(CNCC)Cn1cc(C)cnc1=O. The highest BCUT2D eigenvalue weighted by Gasteiger charge is 1.99. The van der Waals surface area contributed by atoms with Gasteiger partial charge in [-0.1, -0.05) is 13.5 Å². The van der Waals surface area contributed by atoms with Gasteiger partial charge in [0.2, 0.25) is 0 Å². The molecule has 0 fully saturated rings. The fraction of sp³-hybridized carbons (Fsp3) is 0.455. The summed E-state index contributed by atoms with van der Waals surface area (Å²) in [6.45, 7) is 10.0. The molecule has 1 N–H and O–H groups in total. The van der Waals surface area contributed by atoms with Gasteiger partial charge >= 0.3 is 5.69 Å². The van der Waals surface area contributed by atoms with E-state index in [1.165, 1.54) is 0 Å². The fourth-order valence-electron chi connectivity index (χ4n) is 1.28. The van der Waals surface area contributed by atoms with Crippen LogP contribution in [0.2, 0.25) is 0 Å². The first-order valence-electron chi connectivity index (χ1n) is 5.04. The van der Waals surface area contributed by atoms with Crippen molar-refractivity contribution < 1.29 is 0 Å². The molecule has 0 saturated carbocycles. The average molecular weight is 207 g/mol. The zero-order chi connectivity index (χ0) is 11.3. The Hall–Kier alpha value is -1.42. The Balaban J connectivity index is 2.68. The lowest BCUT2D eigenvalue weighted by Crippen LogP contribution is -2.26. The van der Waals surface area contributed by atoms with Gasteiger partial charge in [-0.25, -0.2) is 9.78 Å². The number of aromatic nitrogens is 2. The highest BCUT2D eigenvalue weighted by molar-refractivity contribution is 5.03. The lowest BCUT2D eigenvalue weighted by molar-refractivity contribution is 0.669. The topological polar surface area (TPSA) is 46.9 Å². The smallest absolute Gasteiger partial charge is 0.313 e. The van der Waals surface area contributed by atoms with Crippen molar-refractivity contribution in [3.8, 4) is 0 Å². The van der Waals surface area contributed by atoms with Crippen LogP contribution in [0.25, 0.3) is 0 Å². The van der Waals surface area contributed by atoms with Crippen molar-refractivity contribution in [3.63, 3.8) is 0 Å². The molecule has 0 unspecified atom stereocenters. The van der Waals surface area contributed by atoms with E-state index in [4.69, 9.17) is 0 Å². The summed E-state index contributed by atoms with van der Waals surface area (Å²) >= 11 is 0. The van der Waals surface area contributed by atoms with Crippen LogP contribution in [0, 0.1) is 6.92 Å². The lowest BCUT2D eigenvalue weighted by atomic mass is 10.3. The normalized spacial score (nSPS) is 10.3. The molecule has 0 aromatic carbocycles. The summed E-state index contributed by atoms with van der Waals surface area (Å²) in [6.07, 6.45) is 3.37. The predicted molar refractivity (Wildman–Crippen MR) is 60.9 cm³/mol. The average Bonchev–Trinajstić information content (AvgIpc) is 2.20. The first kappa shape index (κ1) is 11.7. The number of nitrogens with one attached hydrogen (secondary N) is 1. The Morgan fingerprint density at radius 1 is 1.67 bits per heavy atom. The van der Waals surface area contributed by atoms with Gasteiger partial charge in [0.15, 0.2) is 0 Å². The van der Waals surface area contributed by atoms with Gasteiger partial charge in [-0.2, -0.15) is 0 Å². The van der Waals surface area contributed by atoms with Crippen molar-refractivity contribution in [1.29, 1.82) is 0 Å². The quantitative estimate of drug-likeness (QED) is 0.724. The Morgan fingerprint density at radius 2 is 2.40 bits per heavy atom. The molecule has 0 aliphatic carbocycles. The standard InChI is InChI=1S/C11H17N3O/c1-4-12-5-9(2)7-14-8-10(3)6-13-11(14)15/h6,8,12H,2,4-5,7H2,1,3H3. The highest BCUT2D eigenvalue weighted by Crippen LogP contribution is 1.95. The predicted octanol–water partition coefficient (Wildman–Crippen LogP) is 0.717. The van der Waals surface area contributed by atoms with E-state index in [-0.39, 0.29) is 5.69 Å². The van der Waals surface area contributed by atoms with Crippen molar-refractivity contribution in [1.82, 2.24) is 14.9 Å². The van der Waals surface area contributed by atoms with Crippen LogP contribution in [0.1, 0.15) is 12.5 Å². The van der Waals surface area contributed by atoms with Gasteiger partial charge in [0.25, 0.3) is 0 Å². The Morgan fingerprint density at radius 3 is 3.07 bits per heavy atom. The molecule has 0 aliphatic rings. The third-order valence-corrected chi connectivity index (χ3v) is 2.00. The molecule has 15 heavy (non-hydrogen) atoms. The van der Waals surface area contributed by atoms with Crippen LogP contribution in [0.3, 0.4) is 0 Å². The van der Waals surface area contributed by atoms with Crippen LogP contribution in [0.4, 0.5) is 0 Å². The third kappa shape index (κ3) is 3.67. The Kier molecular flexibility index (Phi) is 4.24. The molecule has 4 nitrogen and oxygen atoms in total. The monoisotopic (exact) mass is 207 g/mol. The van der Waals surface area contributed by atoms with E-state index in [9.17, 15) is 4.79 Å². The molecule has 0 saturated heterocycles. The number of hydrogen-bond donors (Lipinski definition) is 1. The van der Waals surface area contributed by atoms with Gasteiger partial charge in [-0.15, -0.1) is 0 Å². The second-order valence-electron chi connectivity index (χ2n) is 3.57. The van der Waals surface area contributed by atoms with E-state index in [1.807, 2.05) is 13.8 Å². The summed E-state index contributed by atoms with van der Waals surface area (Å²) in [4.78, 5) is 15.1. The van der Waals surface area contributed by atoms with E-state index in [0.29, 0.717) is 6.54 Å². The summed E-state index contributed by atoms with van der Waals surface area (Å²) in [5.74, 6) is 0. The largest absolute Gasteiger partial charge is 0.347 e. The summed E-state index contributed by atoms with van der Waals surface area (Å²) in [5, 5.41) is 3.17. The third-order valence-electron chi connectivity index (χ3n) is 2.00. The Labute approximate surface area is 89.7 Å².